The third-order valence-electron chi connectivity index (χ3n) is 7.50. The molecule has 0 aliphatic carbocycles. The van der Waals surface area contributed by atoms with E-state index >= 15 is 0 Å². The van der Waals surface area contributed by atoms with Gasteiger partial charge in [-0.05, 0) is 35.4 Å². The molecule has 3 aliphatic rings. The van der Waals surface area contributed by atoms with Crippen molar-refractivity contribution in [2.24, 2.45) is 11.8 Å². The van der Waals surface area contributed by atoms with E-state index in [0.29, 0.717) is 24.5 Å². The Balaban J connectivity index is 1.39. The minimum Gasteiger partial charge on any atom is -0.504 e. The molecule has 0 radical (unpaired) electrons. The summed E-state index contributed by atoms with van der Waals surface area (Å²) in [7, 11) is 2.86. The largest absolute Gasteiger partial charge is 0.504 e. The van der Waals surface area contributed by atoms with Gasteiger partial charge in [0, 0.05) is 11.8 Å². The number of phenols is 2. The van der Waals surface area contributed by atoms with Crippen molar-refractivity contribution < 1.29 is 59.1 Å². The van der Waals surface area contributed by atoms with Crippen molar-refractivity contribution in [1.82, 2.24) is 0 Å². The summed E-state index contributed by atoms with van der Waals surface area (Å²) in [5, 5.41) is 60.6. The van der Waals surface area contributed by atoms with Crippen molar-refractivity contribution in [3.63, 3.8) is 0 Å². The fraction of sp³-hybridized carbons (Fsp3) is 0.538. The van der Waals surface area contributed by atoms with Crippen molar-refractivity contribution in [2.75, 3.05) is 34.0 Å². The first kappa shape index (κ1) is 26.8. The second-order valence-electron chi connectivity index (χ2n) is 9.65. The molecule has 0 amide bonds. The maximum atomic E-state index is 10.7. The highest BCUT2D eigenvalue weighted by molar-refractivity contribution is 5.53. The van der Waals surface area contributed by atoms with E-state index < -0.39 is 43.4 Å². The molecule has 0 spiro atoms. The Morgan fingerprint density at radius 3 is 2.03 bits per heavy atom. The van der Waals surface area contributed by atoms with Gasteiger partial charge in [0.15, 0.2) is 23.0 Å². The minimum atomic E-state index is -1.65. The number of methoxy groups -OCH3 is 2. The van der Waals surface area contributed by atoms with Crippen LogP contribution in [0.2, 0.25) is 0 Å². The van der Waals surface area contributed by atoms with Crippen molar-refractivity contribution in [3.05, 3.63) is 41.5 Å². The fourth-order valence-electron chi connectivity index (χ4n) is 5.41. The van der Waals surface area contributed by atoms with Crippen LogP contribution in [-0.4, -0.2) is 95.4 Å². The molecule has 38 heavy (non-hydrogen) atoms. The summed E-state index contributed by atoms with van der Waals surface area (Å²) in [5.74, 6) is -0.0300. The molecule has 2 aromatic carbocycles. The van der Waals surface area contributed by atoms with Crippen LogP contribution in [0, 0.1) is 11.8 Å². The lowest BCUT2D eigenvalue weighted by Crippen LogP contribution is -2.60. The first-order chi connectivity index (χ1) is 18.3. The second kappa shape index (κ2) is 10.7. The SMILES string of the molecule is COc1cc([C@H]2OC[C@H]3[C@@H]2CO[C@@H]3c2cc(OC)c(O)c(O[C@@H]3O[C@H](CO)[C@@H](O)[C@H](O)[C@H]3O)c2)ccc1O. The number of benzene rings is 2. The van der Waals surface area contributed by atoms with E-state index in [1.54, 1.807) is 24.3 Å². The van der Waals surface area contributed by atoms with Crippen LogP contribution in [0.5, 0.6) is 28.7 Å². The Bertz CT molecular complexity index is 1140. The van der Waals surface area contributed by atoms with Gasteiger partial charge in [0.2, 0.25) is 12.0 Å². The molecule has 0 bridgehead atoms. The van der Waals surface area contributed by atoms with E-state index in [4.69, 9.17) is 28.4 Å². The number of rotatable bonds is 7. The molecular formula is C26H32O12. The molecule has 0 unspecified atom stereocenters. The lowest BCUT2D eigenvalue weighted by Gasteiger charge is -2.39. The number of aliphatic hydroxyl groups excluding tert-OH is 4. The smallest absolute Gasteiger partial charge is 0.229 e. The molecule has 6 N–H and O–H groups in total. The topological polar surface area (TPSA) is 177 Å². The zero-order valence-electron chi connectivity index (χ0n) is 20.8. The van der Waals surface area contributed by atoms with Gasteiger partial charge in [0.25, 0.3) is 0 Å². The number of phenolic OH excluding ortho intramolecular Hbond substituents is 2. The number of hydrogen-bond acceptors (Lipinski definition) is 12. The fourth-order valence-corrected chi connectivity index (χ4v) is 5.41. The summed E-state index contributed by atoms with van der Waals surface area (Å²) in [6.07, 6.45) is -8.20. The quantitative estimate of drug-likeness (QED) is 0.287. The summed E-state index contributed by atoms with van der Waals surface area (Å²) in [6, 6.07) is 8.24. The summed E-state index contributed by atoms with van der Waals surface area (Å²) >= 11 is 0. The van der Waals surface area contributed by atoms with Gasteiger partial charge < -0.3 is 59.1 Å². The van der Waals surface area contributed by atoms with Gasteiger partial charge in [-0.3, -0.25) is 0 Å². The third kappa shape index (κ3) is 4.62. The summed E-state index contributed by atoms with van der Waals surface area (Å²) in [4.78, 5) is 0. The van der Waals surface area contributed by atoms with Gasteiger partial charge in [0.1, 0.15) is 24.4 Å². The van der Waals surface area contributed by atoms with E-state index in [0.717, 1.165) is 5.56 Å². The van der Waals surface area contributed by atoms with Crippen molar-refractivity contribution in [3.8, 4) is 28.7 Å². The van der Waals surface area contributed by atoms with Crippen molar-refractivity contribution in [1.29, 1.82) is 0 Å². The molecule has 12 nitrogen and oxygen atoms in total. The van der Waals surface area contributed by atoms with Crippen LogP contribution < -0.4 is 14.2 Å². The third-order valence-corrected chi connectivity index (χ3v) is 7.50. The van der Waals surface area contributed by atoms with Crippen LogP contribution in [0.1, 0.15) is 23.3 Å². The maximum absolute atomic E-state index is 10.7. The second-order valence-corrected chi connectivity index (χ2v) is 9.65. The average Bonchev–Trinajstić information content (AvgIpc) is 3.53. The molecular weight excluding hydrogens is 504 g/mol. The summed E-state index contributed by atoms with van der Waals surface area (Å²) in [5.41, 5.74) is 1.48. The normalized spacial score (nSPS) is 34.6. The molecule has 5 rings (SSSR count). The molecule has 2 aromatic rings. The van der Waals surface area contributed by atoms with E-state index in [2.05, 4.69) is 0 Å². The highest BCUT2D eigenvalue weighted by atomic mass is 16.7. The van der Waals surface area contributed by atoms with Crippen LogP contribution in [0.15, 0.2) is 30.3 Å². The standard InChI is InChI=1S/C26H32O12/c1-33-16-5-11(3-4-15(16)28)24-13-9-36-25(14(13)10-35-24)12-6-17(34-2)20(29)18(7-12)37-26-23(32)22(31)21(30)19(8-27)38-26/h3-7,13-14,19,21-32H,8-10H2,1-2H3/t13-,14-,19+,21+,22-,23+,24+,25+,26+/m0/s1. The van der Waals surface area contributed by atoms with E-state index in [-0.39, 0.29) is 40.9 Å². The van der Waals surface area contributed by atoms with Crippen molar-refractivity contribution >= 4 is 0 Å². The molecule has 3 saturated heterocycles. The highest BCUT2D eigenvalue weighted by Crippen LogP contribution is 2.52. The summed E-state index contributed by atoms with van der Waals surface area (Å²) in [6.45, 7) is 0.178. The number of hydrogen-bond donors (Lipinski definition) is 6. The monoisotopic (exact) mass is 536 g/mol. The lowest BCUT2D eigenvalue weighted by molar-refractivity contribution is -0.277. The van der Waals surface area contributed by atoms with E-state index in [9.17, 15) is 30.6 Å². The Labute approximate surface area is 218 Å². The molecule has 3 aliphatic heterocycles. The van der Waals surface area contributed by atoms with Crippen LogP contribution in [0.3, 0.4) is 0 Å². The molecule has 208 valence electrons. The first-order valence-electron chi connectivity index (χ1n) is 12.3. The molecule has 12 heteroatoms. The molecule has 3 heterocycles. The van der Waals surface area contributed by atoms with Gasteiger partial charge >= 0.3 is 0 Å². The predicted molar refractivity (Wildman–Crippen MR) is 128 cm³/mol. The molecule has 0 saturated carbocycles. The Morgan fingerprint density at radius 2 is 1.39 bits per heavy atom. The Morgan fingerprint density at radius 1 is 0.789 bits per heavy atom. The number of fused-ring (bicyclic) bond motifs is 1. The Hall–Kier alpha value is -2.84. The molecule has 0 aromatic heterocycles. The first-order valence-corrected chi connectivity index (χ1v) is 12.3. The Kier molecular flexibility index (Phi) is 7.56. The van der Waals surface area contributed by atoms with Crippen LogP contribution in [0.25, 0.3) is 0 Å². The van der Waals surface area contributed by atoms with Crippen molar-refractivity contribution in [2.45, 2.75) is 42.9 Å². The average molecular weight is 537 g/mol. The zero-order valence-corrected chi connectivity index (χ0v) is 20.8. The number of aliphatic hydroxyl groups is 4. The van der Waals surface area contributed by atoms with Gasteiger partial charge in [0.05, 0.1) is 46.2 Å². The van der Waals surface area contributed by atoms with Gasteiger partial charge in [-0.2, -0.15) is 0 Å². The molecule has 9 atom stereocenters. The highest BCUT2D eigenvalue weighted by Gasteiger charge is 2.49. The molecule has 3 fully saturated rings. The minimum absolute atomic E-state index is 0.00358. The van der Waals surface area contributed by atoms with Crippen LogP contribution >= 0.6 is 0 Å². The van der Waals surface area contributed by atoms with E-state index in [1.165, 1.54) is 20.3 Å². The maximum Gasteiger partial charge on any atom is 0.229 e. The van der Waals surface area contributed by atoms with Gasteiger partial charge in [-0.25, -0.2) is 0 Å². The van der Waals surface area contributed by atoms with Crippen LogP contribution in [-0.2, 0) is 14.2 Å². The predicted octanol–water partition coefficient (Wildman–Crippen LogP) is 0.369. The van der Waals surface area contributed by atoms with E-state index in [1.807, 2.05) is 0 Å². The zero-order chi connectivity index (χ0) is 27.1. The van der Waals surface area contributed by atoms with Gasteiger partial charge in [-0.1, -0.05) is 6.07 Å². The van der Waals surface area contributed by atoms with Gasteiger partial charge in [-0.15, -0.1) is 0 Å². The summed E-state index contributed by atoms with van der Waals surface area (Å²) < 4.78 is 34.0. The van der Waals surface area contributed by atoms with Crippen LogP contribution in [0.4, 0.5) is 0 Å². The number of aromatic hydroxyl groups is 2. The number of ether oxygens (including phenoxy) is 6. The lowest BCUT2D eigenvalue weighted by atomic mass is 9.84.